The second-order valence-electron chi connectivity index (χ2n) is 7.68. The lowest BCUT2D eigenvalue weighted by atomic mass is 10.2. The Morgan fingerprint density at radius 3 is 2.43 bits per heavy atom. The van der Waals surface area contributed by atoms with Crippen LogP contribution in [-0.4, -0.2) is 33.0 Å². The first-order chi connectivity index (χ1) is 18.0. The van der Waals surface area contributed by atoms with Gasteiger partial charge in [0, 0.05) is 5.56 Å². The maximum absolute atomic E-state index is 13.4. The van der Waals surface area contributed by atoms with E-state index in [1.54, 1.807) is 47.0 Å². The molecule has 0 fully saturated rings. The van der Waals surface area contributed by atoms with Gasteiger partial charge >= 0.3 is 6.61 Å². The van der Waals surface area contributed by atoms with Gasteiger partial charge < -0.3 is 13.9 Å². The highest BCUT2D eigenvalue weighted by molar-refractivity contribution is 7.98. The molecule has 11 heteroatoms. The van der Waals surface area contributed by atoms with Gasteiger partial charge in [-0.3, -0.25) is 9.36 Å². The molecule has 0 bridgehead atoms. The molecule has 0 aliphatic heterocycles. The molecule has 37 heavy (non-hydrogen) atoms. The Labute approximate surface area is 213 Å². The van der Waals surface area contributed by atoms with E-state index < -0.39 is 6.61 Å². The first-order valence-electron chi connectivity index (χ1n) is 11.3. The number of alkyl halides is 2. The Morgan fingerprint density at radius 1 is 0.973 bits per heavy atom. The van der Waals surface area contributed by atoms with E-state index in [4.69, 9.17) is 14.1 Å². The zero-order chi connectivity index (χ0) is 25.8. The lowest BCUT2D eigenvalue weighted by Crippen LogP contribution is -2.23. The van der Waals surface area contributed by atoms with Gasteiger partial charge in [-0.05, 0) is 67.6 Å². The average molecular weight is 523 g/mol. The molecule has 2 aromatic heterocycles. The summed E-state index contributed by atoms with van der Waals surface area (Å²) in [6, 6.07) is 20.3. The third-order valence-electron chi connectivity index (χ3n) is 5.31. The van der Waals surface area contributed by atoms with E-state index in [2.05, 4.69) is 14.9 Å². The first kappa shape index (κ1) is 24.4. The molecule has 0 aliphatic rings. The van der Waals surface area contributed by atoms with Crippen LogP contribution in [0.1, 0.15) is 12.7 Å². The summed E-state index contributed by atoms with van der Waals surface area (Å²) in [7, 11) is 0. The van der Waals surface area contributed by atoms with Crippen LogP contribution < -0.4 is 15.0 Å². The molecule has 188 valence electrons. The van der Waals surface area contributed by atoms with Crippen LogP contribution in [0.5, 0.6) is 11.5 Å². The summed E-state index contributed by atoms with van der Waals surface area (Å²) in [5.41, 5.74) is 1.60. The van der Waals surface area contributed by atoms with Gasteiger partial charge in [-0.2, -0.15) is 8.78 Å². The number of nitrogens with zero attached hydrogens (tertiary/aromatic N) is 4. The third-order valence-corrected chi connectivity index (χ3v) is 6.12. The zero-order valence-electron chi connectivity index (χ0n) is 19.5. The Bertz CT molecular complexity index is 1570. The third kappa shape index (κ3) is 5.46. The molecule has 0 radical (unpaired) electrons. The van der Waals surface area contributed by atoms with Crippen molar-refractivity contribution in [2.24, 2.45) is 0 Å². The molecule has 0 aliphatic carbocycles. The smallest absolute Gasteiger partial charge is 0.387 e. The van der Waals surface area contributed by atoms with Gasteiger partial charge in [0.1, 0.15) is 17.3 Å². The summed E-state index contributed by atoms with van der Waals surface area (Å²) >= 11 is 1.23. The van der Waals surface area contributed by atoms with Gasteiger partial charge in [0.15, 0.2) is 0 Å². The van der Waals surface area contributed by atoms with Gasteiger partial charge in [0.05, 0.1) is 29.0 Å². The molecule has 0 atom stereocenters. The summed E-state index contributed by atoms with van der Waals surface area (Å²) in [4.78, 5) is 18.2. The predicted octanol–water partition coefficient (Wildman–Crippen LogP) is 5.73. The Balaban J connectivity index is 1.42. The predicted molar refractivity (Wildman–Crippen MR) is 134 cm³/mol. The molecule has 5 rings (SSSR count). The molecule has 8 nitrogen and oxygen atoms in total. The topological polar surface area (TPSA) is 92.3 Å². The number of thioether (sulfide) groups is 1. The Hall–Kier alpha value is -4.25. The highest BCUT2D eigenvalue weighted by Crippen LogP contribution is 2.28. The molecule has 0 saturated carbocycles. The molecule has 0 amide bonds. The monoisotopic (exact) mass is 522 g/mol. The molecule has 0 N–H and O–H groups in total. The van der Waals surface area contributed by atoms with Crippen LogP contribution in [0.15, 0.2) is 87.2 Å². The van der Waals surface area contributed by atoms with Crippen molar-refractivity contribution in [2.75, 3.05) is 6.61 Å². The standard InChI is InChI=1S/C26H20F2N4O4S/c1-2-34-18-13-9-17(10-14-18)32-22(29-21-6-4-3-5-20(21)24(32)33)15-37-26-31-30-23(36-26)16-7-11-19(12-8-16)35-25(27)28/h3-14,25H,2,15H2,1H3. The van der Waals surface area contributed by atoms with Crippen molar-refractivity contribution in [1.82, 2.24) is 19.7 Å². The molecule has 5 aromatic rings. The van der Waals surface area contributed by atoms with Crippen LogP contribution in [0, 0.1) is 0 Å². The number of rotatable bonds is 9. The van der Waals surface area contributed by atoms with E-state index in [-0.39, 0.29) is 28.2 Å². The Morgan fingerprint density at radius 2 is 1.70 bits per heavy atom. The van der Waals surface area contributed by atoms with Crippen LogP contribution in [0.25, 0.3) is 28.0 Å². The van der Waals surface area contributed by atoms with Crippen molar-refractivity contribution in [3.05, 3.63) is 89.0 Å². The lowest BCUT2D eigenvalue weighted by Gasteiger charge is -2.13. The maximum Gasteiger partial charge on any atom is 0.387 e. The van der Waals surface area contributed by atoms with Crippen LogP contribution in [0.3, 0.4) is 0 Å². The van der Waals surface area contributed by atoms with Crippen LogP contribution in [0.4, 0.5) is 8.78 Å². The molecule has 0 unspecified atom stereocenters. The van der Waals surface area contributed by atoms with Crippen molar-refractivity contribution >= 4 is 22.7 Å². The van der Waals surface area contributed by atoms with Gasteiger partial charge in [0.25, 0.3) is 10.8 Å². The summed E-state index contributed by atoms with van der Waals surface area (Å²) in [6.07, 6.45) is 0. The summed E-state index contributed by atoms with van der Waals surface area (Å²) in [6.45, 7) is -0.458. The van der Waals surface area contributed by atoms with Crippen molar-refractivity contribution in [2.45, 2.75) is 24.5 Å². The van der Waals surface area contributed by atoms with E-state index in [1.165, 1.54) is 23.9 Å². The van der Waals surface area contributed by atoms with E-state index in [0.29, 0.717) is 40.3 Å². The largest absolute Gasteiger partial charge is 0.494 e. The average Bonchev–Trinajstić information content (AvgIpc) is 3.38. The number of benzene rings is 3. The van der Waals surface area contributed by atoms with Crippen LogP contribution in [0.2, 0.25) is 0 Å². The number of hydrogen-bond donors (Lipinski definition) is 0. The summed E-state index contributed by atoms with van der Waals surface area (Å²) in [5, 5.41) is 8.87. The quantitative estimate of drug-likeness (QED) is 0.227. The van der Waals surface area contributed by atoms with Gasteiger partial charge in [0.2, 0.25) is 5.89 Å². The lowest BCUT2D eigenvalue weighted by molar-refractivity contribution is -0.0498. The number of ether oxygens (including phenoxy) is 2. The Kier molecular flexibility index (Phi) is 7.13. The van der Waals surface area contributed by atoms with E-state index in [1.807, 2.05) is 25.1 Å². The molecule has 3 aromatic carbocycles. The fourth-order valence-electron chi connectivity index (χ4n) is 3.69. The minimum atomic E-state index is -2.90. The van der Waals surface area contributed by atoms with Crippen molar-refractivity contribution < 1.29 is 22.7 Å². The minimum absolute atomic E-state index is 0.0301. The number of hydrogen-bond acceptors (Lipinski definition) is 8. The molecule has 2 heterocycles. The van der Waals surface area contributed by atoms with Crippen molar-refractivity contribution in [3.63, 3.8) is 0 Å². The minimum Gasteiger partial charge on any atom is -0.494 e. The van der Waals surface area contributed by atoms with Crippen molar-refractivity contribution in [3.8, 4) is 28.6 Å². The van der Waals surface area contributed by atoms with Crippen LogP contribution >= 0.6 is 11.8 Å². The number of fused-ring (bicyclic) bond motifs is 1. The summed E-state index contributed by atoms with van der Waals surface area (Å²) < 4.78 is 41.9. The fourth-order valence-corrected chi connectivity index (χ4v) is 4.37. The molecular weight excluding hydrogens is 502 g/mol. The van der Waals surface area contributed by atoms with Gasteiger partial charge in [-0.25, -0.2) is 4.98 Å². The first-order valence-corrected chi connectivity index (χ1v) is 12.3. The van der Waals surface area contributed by atoms with E-state index in [0.717, 1.165) is 0 Å². The highest BCUT2D eigenvalue weighted by Gasteiger charge is 2.16. The van der Waals surface area contributed by atoms with Gasteiger partial charge in [-0.15, -0.1) is 10.2 Å². The zero-order valence-corrected chi connectivity index (χ0v) is 20.3. The SMILES string of the molecule is CCOc1ccc(-n2c(CSc3nnc(-c4ccc(OC(F)F)cc4)o3)nc3ccccc3c2=O)cc1. The summed E-state index contributed by atoms with van der Waals surface area (Å²) in [5.74, 6) is 1.74. The van der Waals surface area contributed by atoms with Crippen LogP contribution in [-0.2, 0) is 5.75 Å². The van der Waals surface area contributed by atoms with E-state index >= 15 is 0 Å². The van der Waals surface area contributed by atoms with Crippen molar-refractivity contribution in [1.29, 1.82) is 0 Å². The van der Waals surface area contributed by atoms with Gasteiger partial charge in [-0.1, -0.05) is 23.9 Å². The maximum atomic E-state index is 13.4. The number of para-hydroxylation sites is 1. The number of halogens is 2. The van der Waals surface area contributed by atoms with E-state index in [9.17, 15) is 13.6 Å². The number of aromatic nitrogens is 4. The molecular formula is C26H20F2N4O4S. The molecule has 0 saturated heterocycles. The fraction of sp³-hybridized carbons (Fsp3) is 0.154. The molecule has 0 spiro atoms. The normalized spacial score (nSPS) is 11.2. The highest BCUT2D eigenvalue weighted by atomic mass is 32.2. The second-order valence-corrected chi connectivity index (χ2v) is 8.60. The second kappa shape index (κ2) is 10.8.